The number of nitrogens with zero attached hydrogens (tertiary/aromatic N) is 1. The van der Waals surface area contributed by atoms with Crippen LogP contribution in [0, 0.1) is 13.8 Å². The van der Waals surface area contributed by atoms with Crippen LogP contribution in [0.25, 0.3) is 0 Å². The number of rotatable bonds is 6. The molecule has 0 aliphatic carbocycles. The zero-order valence-electron chi connectivity index (χ0n) is 11.7. The van der Waals surface area contributed by atoms with Crippen molar-refractivity contribution < 1.29 is 4.79 Å². The Labute approximate surface area is 110 Å². The van der Waals surface area contributed by atoms with Crippen LogP contribution in [0.3, 0.4) is 0 Å². The second-order valence-electron chi connectivity index (χ2n) is 4.89. The molecule has 0 saturated carbocycles. The van der Waals surface area contributed by atoms with Crippen molar-refractivity contribution in [3.05, 3.63) is 34.9 Å². The van der Waals surface area contributed by atoms with Gasteiger partial charge in [-0.25, -0.2) is 0 Å². The van der Waals surface area contributed by atoms with E-state index in [4.69, 9.17) is 5.73 Å². The molecule has 0 saturated heterocycles. The molecule has 1 aromatic rings. The largest absolute Gasteiger partial charge is 0.342 e. The monoisotopic (exact) mass is 248 g/mol. The molecule has 100 valence electrons. The molecule has 1 rings (SSSR count). The molecule has 0 spiro atoms. The van der Waals surface area contributed by atoms with Crippen LogP contribution in [-0.2, 0) is 0 Å². The number of hydrogen-bond acceptors (Lipinski definition) is 2. The molecule has 0 fully saturated rings. The maximum absolute atomic E-state index is 12.2. The number of unbranched alkanes of at least 4 members (excludes halogenated alkanes) is 2. The normalized spacial score (nSPS) is 10.4. The van der Waals surface area contributed by atoms with E-state index in [1.807, 2.05) is 33.0 Å². The van der Waals surface area contributed by atoms with Gasteiger partial charge in [-0.1, -0.05) is 24.1 Å². The van der Waals surface area contributed by atoms with Gasteiger partial charge >= 0.3 is 0 Å². The van der Waals surface area contributed by atoms with E-state index in [1.54, 1.807) is 4.90 Å². The fraction of sp³-hybridized carbons (Fsp3) is 0.533. The molecule has 0 aromatic heterocycles. The fourth-order valence-electron chi connectivity index (χ4n) is 2.03. The second-order valence-corrected chi connectivity index (χ2v) is 4.89. The highest BCUT2D eigenvalue weighted by molar-refractivity contribution is 5.95. The van der Waals surface area contributed by atoms with Crippen molar-refractivity contribution >= 4 is 5.91 Å². The average molecular weight is 248 g/mol. The van der Waals surface area contributed by atoms with Crippen LogP contribution in [-0.4, -0.2) is 30.9 Å². The molecule has 0 atom stereocenters. The van der Waals surface area contributed by atoms with Gasteiger partial charge in [0, 0.05) is 19.2 Å². The van der Waals surface area contributed by atoms with Gasteiger partial charge in [0.2, 0.25) is 0 Å². The van der Waals surface area contributed by atoms with Gasteiger partial charge < -0.3 is 10.6 Å². The minimum Gasteiger partial charge on any atom is -0.342 e. The number of carbonyl (C=O) groups is 1. The molecular formula is C15H24N2O. The first-order valence-electron chi connectivity index (χ1n) is 6.59. The molecule has 0 bridgehead atoms. The first-order valence-corrected chi connectivity index (χ1v) is 6.59. The van der Waals surface area contributed by atoms with Crippen LogP contribution >= 0.6 is 0 Å². The van der Waals surface area contributed by atoms with E-state index in [-0.39, 0.29) is 5.91 Å². The summed E-state index contributed by atoms with van der Waals surface area (Å²) in [6.07, 6.45) is 3.14. The number of hydrogen-bond donors (Lipinski definition) is 1. The van der Waals surface area contributed by atoms with Gasteiger partial charge in [-0.2, -0.15) is 0 Å². The van der Waals surface area contributed by atoms with Gasteiger partial charge in [0.15, 0.2) is 0 Å². The minimum absolute atomic E-state index is 0.111. The van der Waals surface area contributed by atoms with Crippen LogP contribution in [0.5, 0.6) is 0 Å². The standard InChI is InChI=1S/C15H24N2O/c1-12-7-8-14(13(2)11-12)15(18)17(3)10-6-4-5-9-16/h7-8,11H,4-6,9-10,16H2,1-3H3. The summed E-state index contributed by atoms with van der Waals surface area (Å²) in [5, 5.41) is 0. The highest BCUT2D eigenvalue weighted by Crippen LogP contribution is 2.13. The molecule has 2 N–H and O–H groups in total. The lowest BCUT2D eigenvalue weighted by Gasteiger charge is -2.18. The number of amides is 1. The van der Waals surface area contributed by atoms with Gasteiger partial charge in [-0.05, 0) is 44.9 Å². The van der Waals surface area contributed by atoms with Gasteiger partial charge in [-0.15, -0.1) is 0 Å². The molecule has 18 heavy (non-hydrogen) atoms. The third-order valence-corrected chi connectivity index (χ3v) is 3.16. The third kappa shape index (κ3) is 4.15. The zero-order chi connectivity index (χ0) is 13.5. The summed E-state index contributed by atoms with van der Waals surface area (Å²) < 4.78 is 0. The summed E-state index contributed by atoms with van der Waals surface area (Å²) in [4.78, 5) is 14.0. The van der Waals surface area contributed by atoms with Crippen LogP contribution < -0.4 is 5.73 Å². The molecule has 1 amide bonds. The Bertz CT molecular complexity index is 401. The zero-order valence-corrected chi connectivity index (χ0v) is 11.7. The molecule has 0 heterocycles. The van der Waals surface area contributed by atoms with Crippen molar-refractivity contribution in [2.24, 2.45) is 5.73 Å². The topological polar surface area (TPSA) is 46.3 Å². The van der Waals surface area contributed by atoms with Crippen molar-refractivity contribution in [1.82, 2.24) is 4.90 Å². The summed E-state index contributed by atoms with van der Waals surface area (Å²) in [5.41, 5.74) is 8.50. The van der Waals surface area contributed by atoms with Crippen LogP contribution in [0.1, 0.15) is 40.7 Å². The van der Waals surface area contributed by atoms with Gasteiger partial charge in [0.25, 0.3) is 5.91 Å². The summed E-state index contributed by atoms with van der Waals surface area (Å²) in [5.74, 6) is 0.111. The summed E-state index contributed by atoms with van der Waals surface area (Å²) in [6, 6.07) is 5.96. The number of aryl methyl sites for hydroxylation is 2. The number of benzene rings is 1. The third-order valence-electron chi connectivity index (χ3n) is 3.16. The lowest BCUT2D eigenvalue weighted by atomic mass is 10.0. The number of nitrogens with two attached hydrogens (primary N) is 1. The summed E-state index contributed by atoms with van der Waals surface area (Å²) >= 11 is 0. The van der Waals surface area contributed by atoms with Crippen molar-refractivity contribution in [3.8, 4) is 0 Å². The van der Waals surface area contributed by atoms with Crippen molar-refractivity contribution in [2.75, 3.05) is 20.1 Å². The predicted molar refractivity (Wildman–Crippen MR) is 75.8 cm³/mol. The van der Waals surface area contributed by atoms with Crippen LogP contribution in [0.4, 0.5) is 0 Å². The fourth-order valence-corrected chi connectivity index (χ4v) is 2.03. The minimum atomic E-state index is 0.111. The highest BCUT2D eigenvalue weighted by Gasteiger charge is 2.13. The number of carbonyl (C=O) groups excluding carboxylic acids is 1. The quantitative estimate of drug-likeness (QED) is 0.786. The molecule has 3 nitrogen and oxygen atoms in total. The van der Waals surface area contributed by atoms with E-state index >= 15 is 0 Å². The van der Waals surface area contributed by atoms with E-state index in [0.717, 1.165) is 43.5 Å². The van der Waals surface area contributed by atoms with Crippen molar-refractivity contribution in [1.29, 1.82) is 0 Å². The predicted octanol–water partition coefficient (Wildman–Crippen LogP) is 2.50. The Morgan fingerprint density at radius 3 is 2.56 bits per heavy atom. The molecule has 1 aromatic carbocycles. The van der Waals surface area contributed by atoms with E-state index in [9.17, 15) is 4.79 Å². The Morgan fingerprint density at radius 1 is 1.22 bits per heavy atom. The van der Waals surface area contributed by atoms with Crippen molar-refractivity contribution in [2.45, 2.75) is 33.1 Å². The Hall–Kier alpha value is -1.35. The molecule has 0 unspecified atom stereocenters. The Morgan fingerprint density at radius 2 is 1.94 bits per heavy atom. The van der Waals surface area contributed by atoms with E-state index in [0.29, 0.717) is 0 Å². The van der Waals surface area contributed by atoms with Gasteiger partial charge in [0.1, 0.15) is 0 Å². The van der Waals surface area contributed by atoms with Gasteiger partial charge in [0.05, 0.1) is 0 Å². The summed E-state index contributed by atoms with van der Waals surface area (Å²) in [7, 11) is 1.87. The SMILES string of the molecule is Cc1ccc(C(=O)N(C)CCCCCN)c(C)c1. The lowest BCUT2D eigenvalue weighted by Crippen LogP contribution is -2.28. The van der Waals surface area contributed by atoms with Crippen molar-refractivity contribution in [3.63, 3.8) is 0 Å². The Balaban J connectivity index is 2.57. The first kappa shape index (κ1) is 14.7. The van der Waals surface area contributed by atoms with Crippen LogP contribution in [0.2, 0.25) is 0 Å². The molecule has 0 aliphatic heterocycles. The van der Waals surface area contributed by atoms with Gasteiger partial charge in [-0.3, -0.25) is 4.79 Å². The molecular weight excluding hydrogens is 224 g/mol. The maximum Gasteiger partial charge on any atom is 0.253 e. The van der Waals surface area contributed by atoms with Crippen LogP contribution in [0.15, 0.2) is 18.2 Å². The smallest absolute Gasteiger partial charge is 0.253 e. The van der Waals surface area contributed by atoms with E-state index in [2.05, 4.69) is 6.07 Å². The summed E-state index contributed by atoms with van der Waals surface area (Å²) in [6.45, 7) is 5.56. The van der Waals surface area contributed by atoms with E-state index in [1.165, 1.54) is 5.56 Å². The molecule has 0 radical (unpaired) electrons. The van der Waals surface area contributed by atoms with E-state index < -0.39 is 0 Å². The lowest BCUT2D eigenvalue weighted by molar-refractivity contribution is 0.0792. The first-order chi connectivity index (χ1) is 8.56. The highest BCUT2D eigenvalue weighted by atomic mass is 16.2. The maximum atomic E-state index is 12.2. The molecule has 0 aliphatic rings. The average Bonchev–Trinajstić information content (AvgIpc) is 2.33. The molecule has 3 heteroatoms. The Kier molecular flexibility index (Phi) is 5.86. The second kappa shape index (κ2) is 7.17.